The van der Waals surface area contributed by atoms with Crippen LogP contribution < -0.4 is 5.32 Å². The minimum absolute atomic E-state index is 0.00806. The van der Waals surface area contributed by atoms with Crippen LogP contribution in [-0.2, 0) is 14.3 Å². The van der Waals surface area contributed by atoms with Gasteiger partial charge >= 0.3 is 0 Å². The Bertz CT molecular complexity index is 448. The molecular formula is C16H24N2O3. The zero-order chi connectivity index (χ0) is 15.7. The highest BCUT2D eigenvalue weighted by Crippen LogP contribution is 2.17. The lowest BCUT2D eigenvalue weighted by Gasteiger charge is -2.22. The summed E-state index contributed by atoms with van der Waals surface area (Å²) >= 11 is 0. The molecule has 0 saturated heterocycles. The van der Waals surface area contributed by atoms with Crippen molar-refractivity contribution in [1.82, 2.24) is 10.2 Å². The van der Waals surface area contributed by atoms with Crippen LogP contribution >= 0.6 is 0 Å². The largest absolute Gasteiger partial charge is 0.385 e. The molecule has 0 fully saturated rings. The van der Waals surface area contributed by atoms with E-state index in [1.54, 1.807) is 19.1 Å². The molecule has 116 valence electrons. The number of amides is 2. The van der Waals surface area contributed by atoms with E-state index in [4.69, 9.17) is 4.74 Å². The second kappa shape index (κ2) is 9.13. The summed E-state index contributed by atoms with van der Waals surface area (Å²) in [6.45, 7) is 2.74. The van der Waals surface area contributed by atoms with Crippen LogP contribution in [0, 0.1) is 0 Å². The summed E-state index contributed by atoms with van der Waals surface area (Å²) in [5, 5.41) is 2.84. The van der Waals surface area contributed by atoms with E-state index in [1.807, 2.05) is 30.3 Å². The van der Waals surface area contributed by atoms with E-state index < -0.39 is 0 Å². The molecule has 0 saturated carbocycles. The lowest BCUT2D eigenvalue weighted by Crippen LogP contribution is -2.34. The normalized spacial score (nSPS) is 11.8. The monoisotopic (exact) mass is 292 g/mol. The topological polar surface area (TPSA) is 58.6 Å². The van der Waals surface area contributed by atoms with Gasteiger partial charge in [-0.1, -0.05) is 30.3 Å². The molecule has 0 aliphatic rings. The molecule has 1 rings (SSSR count). The average molecular weight is 292 g/mol. The van der Waals surface area contributed by atoms with Gasteiger partial charge in [-0.15, -0.1) is 0 Å². The minimum Gasteiger partial charge on any atom is -0.385 e. The van der Waals surface area contributed by atoms with E-state index >= 15 is 0 Å². The van der Waals surface area contributed by atoms with Gasteiger partial charge in [-0.05, 0) is 12.0 Å². The third kappa shape index (κ3) is 6.40. The molecule has 1 aromatic carbocycles. The smallest absolute Gasteiger partial charge is 0.224 e. The summed E-state index contributed by atoms with van der Waals surface area (Å²) in [6.07, 6.45) is 1.06. The molecule has 21 heavy (non-hydrogen) atoms. The van der Waals surface area contributed by atoms with E-state index in [9.17, 15) is 9.59 Å². The van der Waals surface area contributed by atoms with Crippen molar-refractivity contribution in [3.63, 3.8) is 0 Å². The SMILES string of the molecule is COCCCN(C)C(=O)CC(NC(C)=O)c1ccccc1. The van der Waals surface area contributed by atoms with E-state index in [-0.39, 0.29) is 24.3 Å². The number of methoxy groups -OCH3 is 1. The van der Waals surface area contributed by atoms with Gasteiger partial charge in [-0.25, -0.2) is 0 Å². The lowest BCUT2D eigenvalue weighted by molar-refractivity contribution is -0.130. The first-order valence-electron chi connectivity index (χ1n) is 7.09. The van der Waals surface area contributed by atoms with E-state index in [1.165, 1.54) is 6.92 Å². The zero-order valence-corrected chi connectivity index (χ0v) is 13.0. The molecule has 0 aromatic heterocycles. The van der Waals surface area contributed by atoms with Crippen molar-refractivity contribution < 1.29 is 14.3 Å². The van der Waals surface area contributed by atoms with Gasteiger partial charge < -0.3 is 15.0 Å². The van der Waals surface area contributed by atoms with E-state index in [0.29, 0.717) is 13.2 Å². The van der Waals surface area contributed by atoms with Gasteiger partial charge in [0.25, 0.3) is 0 Å². The van der Waals surface area contributed by atoms with E-state index in [0.717, 1.165) is 12.0 Å². The fraction of sp³-hybridized carbons (Fsp3) is 0.500. The Morgan fingerprint density at radius 3 is 2.52 bits per heavy atom. The van der Waals surface area contributed by atoms with Gasteiger partial charge in [-0.3, -0.25) is 9.59 Å². The van der Waals surface area contributed by atoms with Crippen LogP contribution in [0.15, 0.2) is 30.3 Å². The standard InChI is InChI=1S/C16H24N2O3/c1-13(19)17-15(14-8-5-4-6-9-14)12-16(20)18(2)10-7-11-21-3/h4-6,8-9,15H,7,10-12H2,1-3H3,(H,17,19). The van der Waals surface area contributed by atoms with Gasteiger partial charge in [0.1, 0.15) is 0 Å². The van der Waals surface area contributed by atoms with Crippen molar-refractivity contribution in [2.45, 2.75) is 25.8 Å². The van der Waals surface area contributed by atoms with Crippen molar-refractivity contribution in [1.29, 1.82) is 0 Å². The maximum atomic E-state index is 12.2. The molecular weight excluding hydrogens is 268 g/mol. The Balaban J connectivity index is 2.64. The first-order chi connectivity index (χ1) is 10.0. The predicted octanol–water partition coefficient (Wildman–Crippen LogP) is 1.75. The third-order valence-corrected chi connectivity index (χ3v) is 3.23. The maximum Gasteiger partial charge on any atom is 0.224 e. The first-order valence-corrected chi connectivity index (χ1v) is 7.09. The Morgan fingerprint density at radius 1 is 1.29 bits per heavy atom. The fourth-order valence-corrected chi connectivity index (χ4v) is 2.08. The highest BCUT2D eigenvalue weighted by molar-refractivity contribution is 5.79. The van der Waals surface area contributed by atoms with Gasteiger partial charge in [-0.2, -0.15) is 0 Å². The molecule has 0 bridgehead atoms. The van der Waals surface area contributed by atoms with Crippen molar-refractivity contribution in [3.05, 3.63) is 35.9 Å². The Labute approximate surface area is 126 Å². The number of benzene rings is 1. The minimum atomic E-state index is -0.291. The van der Waals surface area contributed by atoms with Crippen LogP contribution in [-0.4, -0.2) is 44.0 Å². The Kier molecular flexibility index (Phi) is 7.46. The van der Waals surface area contributed by atoms with Crippen LogP contribution in [0.1, 0.15) is 31.4 Å². The lowest BCUT2D eigenvalue weighted by atomic mass is 10.0. The zero-order valence-electron chi connectivity index (χ0n) is 13.0. The molecule has 2 amide bonds. The fourth-order valence-electron chi connectivity index (χ4n) is 2.08. The summed E-state index contributed by atoms with van der Waals surface area (Å²) in [4.78, 5) is 25.3. The number of carbonyl (C=O) groups excluding carboxylic acids is 2. The summed E-state index contributed by atoms with van der Waals surface area (Å²) < 4.78 is 4.98. The Hall–Kier alpha value is -1.88. The van der Waals surface area contributed by atoms with Crippen LogP contribution in [0.5, 0.6) is 0 Å². The molecule has 0 spiro atoms. The van der Waals surface area contributed by atoms with Gasteiger partial charge in [0, 0.05) is 34.2 Å². The van der Waals surface area contributed by atoms with Crippen molar-refractivity contribution >= 4 is 11.8 Å². The molecule has 0 heterocycles. The molecule has 0 aliphatic carbocycles. The number of nitrogens with one attached hydrogen (secondary N) is 1. The summed E-state index contributed by atoms with van der Waals surface area (Å²) in [6, 6.07) is 9.25. The highest BCUT2D eigenvalue weighted by atomic mass is 16.5. The number of rotatable bonds is 8. The molecule has 0 radical (unpaired) electrons. The number of hydrogen-bond donors (Lipinski definition) is 1. The predicted molar refractivity (Wildman–Crippen MR) is 81.7 cm³/mol. The second-order valence-corrected chi connectivity index (χ2v) is 5.03. The van der Waals surface area contributed by atoms with Crippen LogP contribution in [0.3, 0.4) is 0 Å². The highest BCUT2D eigenvalue weighted by Gasteiger charge is 2.19. The van der Waals surface area contributed by atoms with E-state index in [2.05, 4.69) is 5.32 Å². The second-order valence-electron chi connectivity index (χ2n) is 5.03. The van der Waals surface area contributed by atoms with Crippen LogP contribution in [0.2, 0.25) is 0 Å². The number of ether oxygens (including phenoxy) is 1. The molecule has 1 aromatic rings. The van der Waals surface area contributed by atoms with Crippen LogP contribution in [0.25, 0.3) is 0 Å². The third-order valence-electron chi connectivity index (χ3n) is 3.23. The average Bonchev–Trinajstić information content (AvgIpc) is 2.47. The maximum absolute atomic E-state index is 12.2. The molecule has 1 unspecified atom stereocenters. The summed E-state index contributed by atoms with van der Waals surface area (Å²) in [7, 11) is 3.41. The number of nitrogens with zero attached hydrogens (tertiary/aromatic N) is 1. The molecule has 5 heteroatoms. The summed E-state index contributed by atoms with van der Waals surface area (Å²) in [5.74, 6) is -0.132. The summed E-state index contributed by atoms with van der Waals surface area (Å²) in [5.41, 5.74) is 0.936. The van der Waals surface area contributed by atoms with Crippen molar-refractivity contribution in [2.75, 3.05) is 27.3 Å². The van der Waals surface area contributed by atoms with Crippen molar-refractivity contribution in [3.8, 4) is 0 Å². The van der Waals surface area contributed by atoms with Gasteiger partial charge in [0.05, 0.1) is 12.5 Å². The van der Waals surface area contributed by atoms with Gasteiger partial charge in [0.15, 0.2) is 0 Å². The molecule has 1 N–H and O–H groups in total. The van der Waals surface area contributed by atoms with Gasteiger partial charge in [0.2, 0.25) is 11.8 Å². The molecule has 0 aliphatic heterocycles. The number of hydrogen-bond acceptors (Lipinski definition) is 3. The Morgan fingerprint density at radius 2 is 1.95 bits per heavy atom. The van der Waals surface area contributed by atoms with Crippen molar-refractivity contribution in [2.24, 2.45) is 0 Å². The quantitative estimate of drug-likeness (QED) is 0.743. The molecule has 5 nitrogen and oxygen atoms in total. The molecule has 1 atom stereocenters. The van der Waals surface area contributed by atoms with Crippen LogP contribution in [0.4, 0.5) is 0 Å². The number of carbonyl (C=O) groups is 2. The first kappa shape index (κ1) is 17.2.